The van der Waals surface area contributed by atoms with Crippen LogP contribution in [-0.2, 0) is 10.0 Å². The lowest BCUT2D eigenvalue weighted by Gasteiger charge is -2.14. The Labute approximate surface area is 174 Å². The number of rotatable bonds is 6. The van der Waals surface area contributed by atoms with E-state index in [4.69, 9.17) is 9.15 Å². The molecule has 0 radical (unpaired) electrons. The van der Waals surface area contributed by atoms with Gasteiger partial charge in [-0.25, -0.2) is 8.42 Å². The molecule has 1 fully saturated rings. The lowest BCUT2D eigenvalue weighted by Crippen LogP contribution is -2.27. The monoisotopic (exact) mass is 430 g/mol. The Balaban J connectivity index is 1.62. The summed E-state index contributed by atoms with van der Waals surface area (Å²) in [4.78, 5) is 14.5. The molecule has 3 heterocycles. The highest BCUT2D eigenvalue weighted by atomic mass is 32.2. The minimum atomic E-state index is -3.90. The summed E-state index contributed by atoms with van der Waals surface area (Å²) in [6.07, 6.45) is 3.38. The van der Waals surface area contributed by atoms with Crippen molar-refractivity contribution in [3.8, 4) is 17.2 Å². The number of amides is 1. The number of aryl methyl sites for hydroxylation is 1. The molecule has 0 atom stereocenters. The van der Waals surface area contributed by atoms with Crippen molar-refractivity contribution in [1.29, 1.82) is 0 Å². The molecule has 30 heavy (non-hydrogen) atoms. The minimum absolute atomic E-state index is 0.0116. The number of aromatic amines is 1. The molecular weight excluding hydrogens is 408 g/mol. The summed E-state index contributed by atoms with van der Waals surface area (Å²) in [6, 6.07) is 7.93. The number of nitrogens with zero attached hydrogens (tertiary/aromatic N) is 2. The number of likely N-dealkylation sites (tertiary alicyclic amines) is 1. The molecule has 1 amide bonds. The molecule has 0 spiro atoms. The first-order valence-electron chi connectivity index (χ1n) is 9.49. The van der Waals surface area contributed by atoms with Crippen LogP contribution in [0.1, 0.15) is 29.0 Å². The fraction of sp³-hybridized carbons (Fsp3) is 0.300. The van der Waals surface area contributed by atoms with E-state index in [1.54, 1.807) is 36.1 Å². The van der Waals surface area contributed by atoms with E-state index in [2.05, 4.69) is 14.9 Å². The van der Waals surface area contributed by atoms with Crippen LogP contribution in [0.2, 0.25) is 0 Å². The highest BCUT2D eigenvalue weighted by Crippen LogP contribution is 2.31. The van der Waals surface area contributed by atoms with Gasteiger partial charge in [-0.1, -0.05) is 0 Å². The van der Waals surface area contributed by atoms with Crippen molar-refractivity contribution in [1.82, 2.24) is 15.1 Å². The molecule has 1 aromatic carbocycles. The second-order valence-electron chi connectivity index (χ2n) is 7.02. The molecule has 2 N–H and O–H groups in total. The number of benzene rings is 1. The molecule has 9 nitrogen and oxygen atoms in total. The number of H-pyrrole nitrogens is 1. The van der Waals surface area contributed by atoms with Gasteiger partial charge in [-0.3, -0.25) is 14.6 Å². The van der Waals surface area contributed by atoms with E-state index in [1.165, 1.54) is 19.4 Å². The third kappa shape index (κ3) is 3.78. The fourth-order valence-corrected chi connectivity index (χ4v) is 4.69. The summed E-state index contributed by atoms with van der Waals surface area (Å²) < 4.78 is 39.1. The quantitative estimate of drug-likeness (QED) is 0.621. The van der Waals surface area contributed by atoms with Crippen LogP contribution in [0, 0.1) is 6.92 Å². The van der Waals surface area contributed by atoms with Gasteiger partial charge in [0.1, 0.15) is 22.1 Å². The summed E-state index contributed by atoms with van der Waals surface area (Å²) in [5, 5.41) is 6.73. The van der Waals surface area contributed by atoms with Gasteiger partial charge in [0.25, 0.3) is 15.9 Å². The van der Waals surface area contributed by atoms with Gasteiger partial charge in [-0.15, -0.1) is 0 Å². The summed E-state index contributed by atoms with van der Waals surface area (Å²) in [6.45, 7) is 2.96. The van der Waals surface area contributed by atoms with Crippen molar-refractivity contribution in [2.45, 2.75) is 24.7 Å². The van der Waals surface area contributed by atoms with Crippen LogP contribution < -0.4 is 9.46 Å². The molecule has 10 heteroatoms. The zero-order valence-electron chi connectivity index (χ0n) is 16.6. The van der Waals surface area contributed by atoms with E-state index >= 15 is 0 Å². The second-order valence-corrected chi connectivity index (χ2v) is 8.67. The normalized spacial score (nSPS) is 14.1. The topological polar surface area (TPSA) is 118 Å². The van der Waals surface area contributed by atoms with Gasteiger partial charge >= 0.3 is 0 Å². The summed E-state index contributed by atoms with van der Waals surface area (Å²) >= 11 is 0. The van der Waals surface area contributed by atoms with Gasteiger partial charge in [-0.05, 0) is 44.0 Å². The number of anilines is 1. The first-order valence-corrected chi connectivity index (χ1v) is 11.0. The molecule has 158 valence electrons. The van der Waals surface area contributed by atoms with E-state index in [9.17, 15) is 13.2 Å². The number of nitrogens with one attached hydrogen (secondary N) is 2. The van der Waals surface area contributed by atoms with E-state index in [1.807, 2.05) is 0 Å². The Morgan fingerprint density at radius 3 is 2.60 bits per heavy atom. The Morgan fingerprint density at radius 1 is 1.23 bits per heavy atom. The first kappa shape index (κ1) is 20.0. The Hall–Kier alpha value is -3.27. The zero-order chi connectivity index (χ0) is 21.3. The van der Waals surface area contributed by atoms with Crippen LogP contribution in [0.4, 0.5) is 5.69 Å². The lowest BCUT2D eigenvalue weighted by molar-refractivity contribution is 0.0793. The fourth-order valence-electron chi connectivity index (χ4n) is 3.45. The maximum absolute atomic E-state index is 12.9. The van der Waals surface area contributed by atoms with Crippen LogP contribution in [0.3, 0.4) is 0 Å². The largest absolute Gasteiger partial charge is 0.497 e. The molecule has 1 aliphatic rings. The average molecular weight is 430 g/mol. The number of aromatic nitrogens is 2. The average Bonchev–Trinajstić information content (AvgIpc) is 3.48. The minimum Gasteiger partial charge on any atom is -0.497 e. The number of hydrogen-bond acceptors (Lipinski definition) is 6. The van der Waals surface area contributed by atoms with Crippen molar-refractivity contribution >= 4 is 21.6 Å². The van der Waals surface area contributed by atoms with E-state index < -0.39 is 10.0 Å². The molecule has 1 saturated heterocycles. The molecule has 1 aliphatic heterocycles. The number of ether oxygens (including phenoxy) is 1. The highest BCUT2D eigenvalue weighted by molar-refractivity contribution is 7.92. The van der Waals surface area contributed by atoms with Crippen molar-refractivity contribution < 1.29 is 22.4 Å². The number of carbonyl (C=O) groups is 1. The van der Waals surface area contributed by atoms with E-state index in [0.717, 1.165) is 12.8 Å². The molecule has 0 saturated carbocycles. The summed E-state index contributed by atoms with van der Waals surface area (Å²) in [5.74, 6) is 0.920. The number of hydrogen-bond donors (Lipinski definition) is 2. The molecule has 4 rings (SSSR count). The smallest absolute Gasteiger partial charge is 0.265 e. The summed E-state index contributed by atoms with van der Waals surface area (Å²) in [7, 11) is -2.36. The van der Waals surface area contributed by atoms with Gasteiger partial charge < -0.3 is 14.1 Å². The maximum atomic E-state index is 12.9. The molecule has 3 aromatic rings. The van der Waals surface area contributed by atoms with Gasteiger partial charge in [0, 0.05) is 24.8 Å². The van der Waals surface area contributed by atoms with Crippen LogP contribution in [-0.4, -0.2) is 49.6 Å². The number of furan rings is 1. The third-order valence-corrected chi connectivity index (χ3v) is 6.50. The van der Waals surface area contributed by atoms with Gasteiger partial charge in [0.05, 0.1) is 18.9 Å². The van der Waals surface area contributed by atoms with Crippen LogP contribution in [0.15, 0.2) is 45.8 Å². The van der Waals surface area contributed by atoms with Crippen LogP contribution in [0.25, 0.3) is 11.5 Å². The number of carbonyl (C=O) groups excluding carboxylic acids is 1. The van der Waals surface area contributed by atoms with Gasteiger partial charge in [0.2, 0.25) is 0 Å². The SMILES string of the molecule is COc1ccc(NS(=O)(=O)c2cc(-c3[nH]ncc3C(=O)N3CCCC3)oc2C)cc1. The van der Waals surface area contributed by atoms with Crippen molar-refractivity contribution in [3.63, 3.8) is 0 Å². The standard InChI is InChI=1S/C20H22N4O5S/c1-13-18(30(26,27)23-14-5-7-15(28-2)8-6-14)11-17(29-13)19-16(12-21-22-19)20(25)24-9-3-4-10-24/h5-8,11-12,23H,3-4,9-10H2,1-2H3,(H,21,22). The van der Waals surface area contributed by atoms with E-state index in [0.29, 0.717) is 35.8 Å². The molecule has 2 aromatic heterocycles. The third-order valence-electron chi connectivity index (χ3n) is 5.01. The van der Waals surface area contributed by atoms with Crippen LogP contribution in [0.5, 0.6) is 5.75 Å². The first-order chi connectivity index (χ1) is 14.4. The predicted octanol–water partition coefficient (Wildman–Crippen LogP) is 3.02. The van der Waals surface area contributed by atoms with Gasteiger partial charge in [0.15, 0.2) is 5.76 Å². The van der Waals surface area contributed by atoms with Gasteiger partial charge in [-0.2, -0.15) is 5.10 Å². The molecule has 0 unspecified atom stereocenters. The Kier molecular flexibility index (Phi) is 5.25. The Bertz CT molecular complexity index is 1160. The number of methoxy groups -OCH3 is 1. The summed E-state index contributed by atoms with van der Waals surface area (Å²) in [5.41, 5.74) is 1.11. The van der Waals surface area contributed by atoms with E-state index in [-0.39, 0.29) is 22.3 Å². The molecule has 0 aliphatic carbocycles. The number of sulfonamides is 1. The lowest BCUT2D eigenvalue weighted by atomic mass is 10.2. The Morgan fingerprint density at radius 2 is 1.93 bits per heavy atom. The predicted molar refractivity (Wildman–Crippen MR) is 110 cm³/mol. The molecular formula is C20H22N4O5S. The zero-order valence-corrected chi connectivity index (χ0v) is 17.5. The van der Waals surface area contributed by atoms with Crippen molar-refractivity contribution in [3.05, 3.63) is 47.9 Å². The second kappa shape index (κ2) is 7.86. The van der Waals surface area contributed by atoms with Crippen LogP contribution >= 0.6 is 0 Å². The van der Waals surface area contributed by atoms with Crippen molar-refractivity contribution in [2.75, 3.05) is 24.9 Å². The molecule has 0 bridgehead atoms. The van der Waals surface area contributed by atoms with Crippen molar-refractivity contribution in [2.24, 2.45) is 0 Å². The maximum Gasteiger partial charge on any atom is 0.265 e. The highest BCUT2D eigenvalue weighted by Gasteiger charge is 2.28.